The fraction of sp³-hybridized carbons (Fsp3) is 0.364. The summed E-state index contributed by atoms with van der Waals surface area (Å²) in [5.74, 6) is 1.56. The Hall–Kier alpha value is -3.02. The van der Waals surface area contributed by atoms with Crippen LogP contribution in [0.4, 0.5) is 0 Å². The summed E-state index contributed by atoms with van der Waals surface area (Å²) in [4.78, 5) is 12.3. The monoisotopic (exact) mass is 381 g/mol. The minimum absolute atomic E-state index is 0.216. The molecule has 0 atom stereocenters. The van der Waals surface area contributed by atoms with Crippen LogP contribution >= 0.6 is 0 Å². The molecule has 2 heterocycles. The van der Waals surface area contributed by atoms with E-state index in [1.165, 1.54) is 0 Å². The van der Waals surface area contributed by atoms with E-state index in [2.05, 4.69) is 10.4 Å². The van der Waals surface area contributed by atoms with Crippen LogP contribution < -0.4 is 10.1 Å². The molecule has 1 aromatic carbocycles. The van der Waals surface area contributed by atoms with Gasteiger partial charge in [-0.15, -0.1) is 0 Å². The molecular weight excluding hydrogens is 354 g/mol. The second-order valence-corrected chi connectivity index (χ2v) is 7.04. The maximum absolute atomic E-state index is 12.3. The van der Waals surface area contributed by atoms with Gasteiger partial charge in [0.25, 0.3) is 5.91 Å². The van der Waals surface area contributed by atoms with Crippen molar-refractivity contribution in [2.24, 2.45) is 0 Å². The molecular formula is C22H27N3O3. The minimum atomic E-state index is -0.216. The predicted octanol–water partition coefficient (Wildman–Crippen LogP) is 4.11. The molecule has 2 aromatic heterocycles. The summed E-state index contributed by atoms with van der Waals surface area (Å²) in [6, 6.07) is 11.5. The number of carbonyl (C=O) groups excluding carboxylic acids is 1. The number of furan rings is 1. The molecule has 0 unspecified atom stereocenters. The number of aryl methyl sites for hydroxylation is 5. The molecule has 0 fully saturated rings. The number of nitrogens with zero attached hydrogens (tertiary/aromatic N) is 2. The Morgan fingerprint density at radius 1 is 1.14 bits per heavy atom. The normalized spacial score (nSPS) is 10.9. The highest BCUT2D eigenvalue weighted by Crippen LogP contribution is 2.23. The van der Waals surface area contributed by atoms with Crippen LogP contribution in [-0.4, -0.2) is 22.2 Å². The SMILES string of the molecule is Cc1cc(C)n(CCCNC(=O)c2ccc(COc3c(C)cccc3C)o2)n1. The van der Waals surface area contributed by atoms with E-state index in [0.717, 1.165) is 41.2 Å². The Balaban J connectivity index is 1.46. The summed E-state index contributed by atoms with van der Waals surface area (Å²) in [5, 5.41) is 7.30. The Bertz CT molecular complexity index is 936. The zero-order valence-corrected chi connectivity index (χ0v) is 16.9. The van der Waals surface area contributed by atoms with E-state index in [0.29, 0.717) is 18.1 Å². The lowest BCUT2D eigenvalue weighted by atomic mass is 10.1. The van der Waals surface area contributed by atoms with Gasteiger partial charge in [0, 0.05) is 18.8 Å². The van der Waals surface area contributed by atoms with Gasteiger partial charge in [0.15, 0.2) is 5.76 Å². The van der Waals surface area contributed by atoms with Crippen molar-refractivity contribution >= 4 is 5.91 Å². The number of hydrogen-bond donors (Lipinski definition) is 1. The van der Waals surface area contributed by atoms with E-state index < -0.39 is 0 Å². The highest BCUT2D eigenvalue weighted by Gasteiger charge is 2.12. The van der Waals surface area contributed by atoms with Gasteiger partial charge in [-0.25, -0.2) is 0 Å². The molecule has 0 spiro atoms. The Labute approximate surface area is 165 Å². The number of para-hydroxylation sites is 1. The first-order valence-electron chi connectivity index (χ1n) is 9.51. The quantitative estimate of drug-likeness (QED) is 0.596. The molecule has 3 aromatic rings. The number of benzene rings is 1. The maximum atomic E-state index is 12.3. The smallest absolute Gasteiger partial charge is 0.286 e. The molecule has 0 aliphatic rings. The van der Waals surface area contributed by atoms with Gasteiger partial charge in [0.2, 0.25) is 0 Å². The van der Waals surface area contributed by atoms with Gasteiger partial charge in [-0.05, 0) is 63.4 Å². The summed E-state index contributed by atoms with van der Waals surface area (Å²) in [6.07, 6.45) is 0.803. The van der Waals surface area contributed by atoms with Crippen LogP contribution in [0.15, 0.2) is 40.8 Å². The molecule has 0 bridgehead atoms. The van der Waals surface area contributed by atoms with Crippen LogP contribution in [0, 0.1) is 27.7 Å². The standard InChI is InChI=1S/C22H27N3O3/c1-15-7-5-8-16(2)21(15)27-14-19-9-10-20(28-19)22(26)23-11-6-12-25-18(4)13-17(3)24-25/h5,7-10,13H,6,11-12,14H2,1-4H3,(H,23,26). The highest BCUT2D eigenvalue weighted by molar-refractivity contribution is 5.91. The van der Waals surface area contributed by atoms with Crippen molar-refractivity contribution in [1.29, 1.82) is 0 Å². The number of nitrogens with one attached hydrogen (secondary N) is 1. The van der Waals surface area contributed by atoms with Crippen molar-refractivity contribution < 1.29 is 13.9 Å². The van der Waals surface area contributed by atoms with Gasteiger partial charge >= 0.3 is 0 Å². The van der Waals surface area contributed by atoms with Crippen molar-refractivity contribution in [3.63, 3.8) is 0 Å². The van der Waals surface area contributed by atoms with Crippen molar-refractivity contribution in [2.75, 3.05) is 6.54 Å². The molecule has 0 aliphatic carbocycles. The summed E-state index contributed by atoms with van der Waals surface area (Å²) >= 11 is 0. The number of carbonyl (C=O) groups is 1. The molecule has 148 valence electrons. The first-order chi connectivity index (χ1) is 13.4. The number of rotatable bonds is 8. The molecule has 0 aliphatic heterocycles. The molecule has 0 saturated heterocycles. The topological polar surface area (TPSA) is 69.3 Å². The van der Waals surface area contributed by atoms with Crippen LogP contribution in [0.25, 0.3) is 0 Å². The molecule has 0 radical (unpaired) electrons. The highest BCUT2D eigenvalue weighted by atomic mass is 16.5. The maximum Gasteiger partial charge on any atom is 0.286 e. The van der Waals surface area contributed by atoms with Crippen molar-refractivity contribution in [3.05, 3.63) is 70.4 Å². The van der Waals surface area contributed by atoms with E-state index in [4.69, 9.17) is 9.15 Å². The zero-order chi connectivity index (χ0) is 20.1. The van der Waals surface area contributed by atoms with E-state index in [9.17, 15) is 4.79 Å². The summed E-state index contributed by atoms with van der Waals surface area (Å²) in [6.45, 7) is 9.65. The Morgan fingerprint density at radius 2 is 1.89 bits per heavy atom. The number of ether oxygens (including phenoxy) is 1. The van der Waals surface area contributed by atoms with E-state index in [1.807, 2.05) is 56.6 Å². The molecule has 0 saturated carbocycles. The van der Waals surface area contributed by atoms with Gasteiger partial charge in [-0.2, -0.15) is 5.10 Å². The van der Waals surface area contributed by atoms with Crippen molar-refractivity contribution in [2.45, 2.75) is 47.3 Å². The van der Waals surface area contributed by atoms with Crippen molar-refractivity contribution in [1.82, 2.24) is 15.1 Å². The van der Waals surface area contributed by atoms with Gasteiger partial charge in [0.05, 0.1) is 5.69 Å². The first kappa shape index (κ1) is 19.7. The average Bonchev–Trinajstić information content (AvgIpc) is 3.24. The summed E-state index contributed by atoms with van der Waals surface area (Å²) in [5.41, 5.74) is 4.29. The second-order valence-electron chi connectivity index (χ2n) is 7.04. The van der Waals surface area contributed by atoms with Gasteiger partial charge in [-0.1, -0.05) is 18.2 Å². The third kappa shape index (κ3) is 4.82. The zero-order valence-electron chi connectivity index (χ0n) is 16.9. The number of aromatic nitrogens is 2. The summed E-state index contributed by atoms with van der Waals surface area (Å²) in [7, 11) is 0. The minimum Gasteiger partial charge on any atom is -0.485 e. The fourth-order valence-corrected chi connectivity index (χ4v) is 3.17. The van der Waals surface area contributed by atoms with Gasteiger partial charge < -0.3 is 14.5 Å². The lowest BCUT2D eigenvalue weighted by Gasteiger charge is -2.10. The van der Waals surface area contributed by atoms with E-state index in [-0.39, 0.29) is 12.5 Å². The molecule has 6 heteroatoms. The van der Waals surface area contributed by atoms with Crippen LogP contribution in [0.1, 0.15) is 45.3 Å². The fourth-order valence-electron chi connectivity index (χ4n) is 3.17. The van der Waals surface area contributed by atoms with E-state index in [1.54, 1.807) is 12.1 Å². The molecule has 1 amide bonds. The first-order valence-corrected chi connectivity index (χ1v) is 9.51. The predicted molar refractivity (Wildman–Crippen MR) is 108 cm³/mol. The Morgan fingerprint density at radius 3 is 2.57 bits per heavy atom. The van der Waals surface area contributed by atoms with Crippen LogP contribution in [0.2, 0.25) is 0 Å². The molecule has 6 nitrogen and oxygen atoms in total. The number of amides is 1. The second kappa shape index (κ2) is 8.78. The Kier molecular flexibility index (Phi) is 6.19. The third-order valence-corrected chi connectivity index (χ3v) is 4.59. The van der Waals surface area contributed by atoms with Crippen LogP contribution in [0.5, 0.6) is 5.75 Å². The van der Waals surface area contributed by atoms with Crippen LogP contribution in [-0.2, 0) is 13.2 Å². The lowest BCUT2D eigenvalue weighted by Crippen LogP contribution is -2.25. The molecule has 1 N–H and O–H groups in total. The third-order valence-electron chi connectivity index (χ3n) is 4.59. The molecule has 28 heavy (non-hydrogen) atoms. The largest absolute Gasteiger partial charge is 0.485 e. The average molecular weight is 381 g/mol. The molecule has 3 rings (SSSR count). The van der Waals surface area contributed by atoms with Crippen molar-refractivity contribution in [3.8, 4) is 5.75 Å². The lowest BCUT2D eigenvalue weighted by molar-refractivity contribution is 0.0920. The van der Waals surface area contributed by atoms with Gasteiger partial charge in [0.1, 0.15) is 18.1 Å². The van der Waals surface area contributed by atoms with Gasteiger partial charge in [-0.3, -0.25) is 9.48 Å². The van der Waals surface area contributed by atoms with E-state index >= 15 is 0 Å². The summed E-state index contributed by atoms with van der Waals surface area (Å²) < 4.78 is 13.5. The number of hydrogen-bond acceptors (Lipinski definition) is 4. The van der Waals surface area contributed by atoms with Crippen LogP contribution in [0.3, 0.4) is 0 Å².